The third-order valence-electron chi connectivity index (χ3n) is 3.20. The lowest BCUT2D eigenvalue weighted by Crippen LogP contribution is -2.41. The standard InChI is InChI=1S/C13H17BrN2O3S/c1-20-5-4-10(13(18)19)15-12(17)11-6-8(14)7-16(11)9-2-3-9/h6-7,9-10H,2-5H2,1H3,(H,15,17)(H,18,19)/t10-/m1/s1. The molecule has 0 spiro atoms. The number of carbonyl (C=O) groups excluding carboxylic acids is 1. The molecule has 0 bridgehead atoms. The molecule has 0 radical (unpaired) electrons. The first-order chi connectivity index (χ1) is 9.52. The molecule has 2 rings (SSSR count). The van der Waals surface area contributed by atoms with Crippen LogP contribution in [-0.2, 0) is 4.79 Å². The van der Waals surface area contributed by atoms with Gasteiger partial charge in [-0.05, 0) is 53.3 Å². The van der Waals surface area contributed by atoms with Crippen LogP contribution in [0.3, 0.4) is 0 Å². The van der Waals surface area contributed by atoms with Crippen LogP contribution < -0.4 is 5.32 Å². The Morgan fingerprint density at radius 1 is 1.60 bits per heavy atom. The lowest BCUT2D eigenvalue weighted by Gasteiger charge is -2.15. The van der Waals surface area contributed by atoms with Gasteiger partial charge < -0.3 is 15.0 Å². The lowest BCUT2D eigenvalue weighted by molar-refractivity contribution is -0.139. The first-order valence-electron chi connectivity index (χ1n) is 6.43. The van der Waals surface area contributed by atoms with Gasteiger partial charge in [0.25, 0.3) is 5.91 Å². The van der Waals surface area contributed by atoms with Crippen LogP contribution in [0.15, 0.2) is 16.7 Å². The van der Waals surface area contributed by atoms with E-state index in [9.17, 15) is 9.59 Å². The lowest BCUT2D eigenvalue weighted by atomic mass is 10.2. The van der Waals surface area contributed by atoms with Crippen molar-refractivity contribution >= 4 is 39.6 Å². The summed E-state index contributed by atoms with van der Waals surface area (Å²) >= 11 is 4.93. The average Bonchev–Trinajstić information content (AvgIpc) is 3.16. The predicted octanol–water partition coefficient (Wildman–Crippen LogP) is 2.52. The topological polar surface area (TPSA) is 71.3 Å². The van der Waals surface area contributed by atoms with Crippen LogP contribution >= 0.6 is 27.7 Å². The number of carboxylic acid groups (broad SMARTS) is 1. The molecule has 0 aromatic carbocycles. The van der Waals surface area contributed by atoms with E-state index in [1.54, 1.807) is 17.8 Å². The van der Waals surface area contributed by atoms with Gasteiger partial charge in [-0.1, -0.05) is 0 Å². The first kappa shape index (κ1) is 15.4. The van der Waals surface area contributed by atoms with E-state index >= 15 is 0 Å². The molecule has 2 N–H and O–H groups in total. The summed E-state index contributed by atoms with van der Waals surface area (Å²) in [5, 5.41) is 11.8. The van der Waals surface area contributed by atoms with Gasteiger partial charge in [0.1, 0.15) is 11.7 Å². The van der Waals surface area contributed by atoms with Gasteiger partial charge in [0.15, 0.2) is 0 Å². The molecule has 7 heteroatoms. The van der Waals surface area contributed by atoms with Crippen molar-refractivity contribution in [1.82, 2.24) is 9.88 Å². The number of amides is 1. The van der Waals surface area contributed by atoms with Crippen LogP contribution in [0.5, 0.6) is 0 Å². The van der Waals surface area contributed by atoms with E-state index in [0.717, 1.165) is 17.3 Å². The Labute approximate surface area is 130 Å². The van der Waals surface area contributed by atoms with Crippen molar-refractivity contribution in [1.29, 1.82) is 0 Å². The molecule has 1 atom stereocenters. The Balaban J connectivity index is 2.08. The summed E-state index contributed by atoms with van der Waals surface area (Å²) in [6.45, 7) is 0. The molecular weight excluding hydrogens is 344 g/mol. The molecule has 1 aromatic heterocycles. The average molecular weight is 361 g/mol. The van der Waals surface area contributed by atoms with Crippen molar-refractivity contribution < 1.29 is 14.7 Å². The number of aromatic nitrogens is 1. The van der Waals surface area contributed by atoms with Crippen LogP contribution in [0.25, 0.3) is 0 Å². The van der Waals surface area contributed by atoms with E-state index in [0.29, 0.717) is 23.9 Å². The number of nitrogens with one attached hydrogen (secondary N) is 1. The smallest absolute Gasteiger partial charge is 0.326 e. The van der Waals surface area contributed by atoms with E-state index < -0.39 is 12.0 Å². The van der Waals surface area contributed by atoms with Crippen LogP contribution in [0.4, 0.5) is 0 Å². The van der Waals surface area contributed by atoms with Gasteiger partial charge in [-0.2, -0.15) is 11.8 Å². The molecule has 1 aromatic rings. The molecule has 1 heterocycles. The van der Waals surface area contributed by atoms with Gasteiger partial charge in [0.2, 0.25) is 0 Å². The maximum atomic E-state index is 12.3. The number of nitrogens with zero attached hydrogens (tertiary/aromatic N) is 1. The summed E-state index contributed by atoms with van der Waals surface area (Å²) in [4.78, 5) is 23.4. The highest BCUT2D eigenvalue weighted by Gasteiger charge is 2.29. The van der Waals surface area contributed by atoms with Gasteiger partial charge in [-0.25, -0.2) is 4.79 Å². The van der Waals surface area contributed by atoms with Crippen LogP contribution in [0.2, 0.25) is 0 Å². The molecule has 0 unspecified atom stereocenters. The number of carbonyl (C=O) groups is 2. The monoisotopic (exact) mass is 360 g/mol. The van der Waals surface area contributed by atoms with E-state index in [-0.39, 0.29) is 5.91 Å². The second-order valence-corrected chi connectivity index (χ2v) is 6.73. The summed E-state index contributed by atoms with van der Waals surface area (Å²) in [6, 6.07) is 1.27. The van der Waals surface area contributed by atoms with Crippen molar-refractivity contribution in [2.24, 2.45) is 0 Å². The summed E-state index contributed by atoms with van der Waals surface area (Å²) < 4.78 is 2.76. The third-order valence-corrected chi connectivity index (χ3v) is 4.28. The molecule has 110 valence electrons. The quantitative estimate of drug-likeness (QED) is 0.783. The maximum absolute atomic E-state index is 12.3. The highest BCUT2D eigenvalue weighted by Crippen LogP contribution is 2.37. The minimum Gasteiger partial charge on any atom is -0.480 e. The number of rotatable bonds is 7. The van der Waals surface area contributed by atoms with Crippen LogP contribution in [0.1, 0.15) is 35.8 Å². The summed E-state index contributed by atoms with van der Waals surface area (Å²) in [5.74, 6) is -0.614. The van der Waals surface area contributed by atoms with Gasteiger partial charge in [-0.15, -0.1) is 0 Å². The fourth-order valence-corrected chi connectivity index (χ4v) is 2.92. The van der Waals surface area contributed by atoms with E-state index in [1.807, 2.05) is 17.0 Å². The molecule has 1 aliphatic rings. The van der Waals surface area contributed by atoms with Crippen molar-refractivity contribution in [3.63, 3.8) is 0 Å². The van der Waals surface area contributed by atoms with Crippen LogP contribution in [0, 0.1) is 0 Å². The van der Waals surface area contributed by atoms with E-state index in [1.165, 1.54) is 0 Å². The minimum absolute atomic E-state index is 0.323. The summed E-state index contributed by atoms with van der Waals surface area (Å²) in [6.07, 6.45) is 6.35. The molecule has 5 nitrogen and oxygen atoms in total. The maximum Gasteiger partial charge on any atom is 0.326 e. The molecule has 1 saturated carbocycles. The SMILES string of the molecule is CSCC[C@@H](NC(=O)c1cc(Br)cn1C1CC1)C(=O)O. The number of hydrogen-bond donors (Lipinski definition) is 2. The van der Waals surface area contributed by atoms with Crippen LogP contribution in [-0.4, -0.2) is 39.6 Å². The fourth-order valence-electron chi connectivity index (χ4n) is 2.01. The van der Waals surface area contributed by atoms with Gasteiger partial charge >= 0.3 is 5.97 Å². The van der Waals surface area contributed by atoms with Gasteiger partial charge in [0, 0.05) is 16.7 Å². The van der Waals surface area contributed by atoms with Crippen molar-refractivity contribution in [3.05, 3.63) is 22.4 Å². The number of carboxylic acids is 1. The molecule has 1 fully saturated rings. The minimum atomic E-state index is -0.990. The molecule has 20 heavy (non-hydrogen) atoms. The fraction of sp³-hybridized carbons (Fsp3) is 0.538. The number of hydrogen-bond acceptors (Lipinski definition) is 3. The molecule has 0 aliphatic heterocycles. The highest BCUT2D eigenvalue weighted by molar-refractivity contribution is 9.10. The summed E-state index contributed by atoms with van der Waals surface area (Å²) in [5.41, 5.74) is 0.523. The molecule has 1 aliphatic carbocycles. The zero-order chi connectivity index (χ0) is 14.7. The third kappa shape index (κ3) is 3.79. The first-order valence-corrected chi connectivity index (χ1v) is 8.61. The highest BCUT2D eigenvalue weighted by atomic mass is 79.9. The predicted molar refractivity (Wildman–Crippen MR) is 82.3 cm³/mol. The number of thioether (sulfide) groups is 1. The summed E-state index contributed by atoms with van der Waals surface area (Å²) in [7, 11) is 0. The van der Waals surface area contributed by atoms with E-state index in [4.69, 9.17) is 5.11 Å². The molecule has 0 saturated heterocycles. The Kier molecular flexibility index (Phi) is 5.15. The Morgan fingerprint density at radius 2 is 2.30 bits per heavy atom. The van der Waals surface area contributed by atoms with E-state index in [2.05, 4.69) is 21.2 Å². The van der Waals surface area contributed by atoms with Crippen molar-refractivity contribution in [3.8, 4) is 0 Å². The Hall–Kier alpha value is -0.950. The second-order valence-electron chi connectivity index (χ2n) is 4.83. The zero-order valence-electron chi connectivity index (χ0n) is 11.1. The Morgan fingerprint density at radius 3 is 2.85 bits per heavy atom. The largest absolute Gasteiger partial charge is 0.480 e. The van der Waals surface area contributed by atoms with Crippen molar-refractivity contribution in [2.45, 2.75) is 31.3 Å². The Bertz CT molecular complexity index is 514. The van der Waals surface area contributed by atoms with Gasteiger partial charge in [-0.3, -0.25) is 4.79 Å². The molecule has 1 amide bonds. The number of halogens is 1. The zero-order valence-corrected chi connectivity index (χ0v) is 13.5. The second kappa shape index (κ2) is 6.67. The van der Waals surface area contributed by atoms with Gasteiger partial charge in [0.05, 0.1) is 0 Å². The van der Waals surface area contributed by atoms with Crippen molar-refractivity contribution in [2.75, 3.05) is 12.0 Å². The molecular formula is C13H17BrN2O3S. The number of aliphatic carboxylic acids is 1. The normalized spacial score (nSPS) is 15.9.